The van der Waals surface area contributed by atoms with Crippen LogP contribution >= 0.6 is 35.2 Å². The minimum absolute atomic E-state index is 0.581. The monoisotopic (exact) mass is 232 g/mol. The summed E-state index contributed by atoms with van der Waals surface area (Å²) in [6, 6.07) is 2.51. The Morgan fingerprint density at radius 3 is 2.92 bits per heavy atom. The standard InChI is InChI=1S/C8H9ClN2S2/c9-7-6(3-4-13-7)11-8(12)10-5-1-2-5/h3-5H,1-2H2,(H2,10,11,12). The zero-order chi connectivity index (χ0) is 9.26. The molecule has 0 saturated heterocycles. The average molecular weight is 233 g/mol. The van der Waals surface area contributed by atoms with Gasteiger partial charge in [0.1, 0.15) is 4.34 Å². The third kappa shape index (κ3) is 2.56. The molecule has 2 rings (SSSR count). The van der Waals surface area contributed by atoms with Crippen LogP contribution in [-0.2, 0) is 0 Å². The van der Waals surface area contributed by atoms with E-state index in [9.17, 15) is 0 Å². The van der Waals surface area contributed by atoms with Gasteiger partial charge in [0.05, 0.1) is 5.69 Å². The highest BCUT2D eigenvalue weighted by Crippen LogP contribution is 2.27. The van der Waals surface area contributed by atoms with Gasteiger partial charge < -0.3 is 10.6 Å². The molecule has 1 saturated carbocycles. The Bertz CT molecular complexity index is 320. The molecule has 70 valence electrons. The van der Waals surface area contributed by atoms with Crippen LogP contribution < -0.4 is 10.6 Å². The predicted octanol–water partition coefficient (Wildman–Crippen LogP) is 2.85. The lowest BCUT2D eigenvalue weighted by Crippen LogP contribution is -2.29. The van der Waals surface area contributed by atoms with Gasteiger partial charge in [-0.05, 0) is 36.5 Å². The molecule has 0 spiro atoms. The van der Waals surface area contributed by atoms with Gasteiger partial charge in [0.2, 0.25) is 0 Å². The van der Waals surface area contributed by atoms with Crippen molar-refractivity contribution in [3.05, 3.63) is 15.8 Å². The third-order valence-corrected chi connectivity index (χ3v) is 3.17. The summed E-state index contributed by atoms with van der Waals surface area (Å²) in [6.07, 6.45) is 2.44. The maximum Gasteiger partial charge on any atom is 0.171 e. The Kier molecular flexibility index (Phi) is 2.71. The molecule has 0 radical (unpaired) electrons. The van der Waals surface area contributed by atoms with Crippen molar-refractivity contribution in [3.63, 3.8) is 0 Å². The molecule has 0 atom stereocenters. The summed E-state index contributed by atoms with van der Waals surface area (Å²) in [6.45, 7) is 0. The van der Waals surface area contributed by atoms with Crippen molar-refractivity contribution >= 4 is 46.0 Å². The van der Waals surface area contributed by atoms with Gasteiger partial charge in [0.25, 0.3) is 0 Å². The van der Waals surface area contributed by atoms with E-state index in [-0.39, 0.29) is 0 Å². The molecule has 0 aromatic carbocycles. The number of halogens is 1. The van der Waals surface area contributed by atoms with E-state index in [1.807, 2.05) is 11.4 Å². The summed E-state index contributed by atoms with van der Waals surface area (Å²) in [7, 11) is 0. The van der Waals surface area contributed by atoms with Gasteiger partial charge in [-0.15, -0.1) is 11.3 Å². The van der Waals surface area contributed by atoms with Gasteiger partial charge in [-0.2, -0.15) is 0 Å². The van der Waals surface area contributed by atoms with E-state index in [2.05, 4.69) is 10.6 Å². The van der Waals surface area contributed by atoms with Crippen molar-refractivity contribution in [2.24, 2.45) is 0 Å². The Morgan fingerprint density at radius 1 is 1.62 bits per heavy atom. The summed E-state index contributed by atoms with van der Waals surface area (Å²) in [4.78, 5) is 0. The number of nitrogens with one attached hydrogen (secondary N) is 2. The van der Waals surface area contributed by atoms with Crippen molar-refractivity contribution < 1.29 is 0 Å². The van der Waals surface area contributed by atoms with E-state index in [0.29, 0.717) is 11.2 Å². The minimum Gasteiger partial charge on any atom is -0.360 e. The first-order valence-electron chi connectivity index (χ1n) is 4.06. The fraction of sp³-hybridized carbons (Fsp3) is 0.375. The van der Waals surface area contributed by atoms with Crippen molar-refractivity contribution in [3.8, 4) is 0 Å². The first kappa shape index (κ1) is 9.24. The summed E-state index contributed by atoms with van der Waals surface area (Å²) in [5, 5.41) is 8.85. The molecule has 1 fully saturated rings. The average Bonchev–Trinajstić information content (AvgIpc) is 2.79. The highest BCUT2D eigenvalue weighted by molar-refractivity contribution is 7.80. The molecule has 0 unspecified atom stereocenters. The van der Waals surface area contributed by atoms with Crippen LogP contribution in [0.15, 0.2) is 11.4 Å². The zero-order valence-electron chi connectivity index (χ0n) is 6.84. The number of hydrogen-bond donors (Lipinski definition) is 2. The van der Waals surface area contributed by atoms with Crippen LogP contribution in [0.5, 0.6) is 0 Å². The number of thiophene rings is 1. The van der Waals surface area contributed by atoms with E-state index in [1.165, 1.54) is 24.2 Å². The fourth-order valence-corrected chi connectivity index (χ4v) is 2.06. The first-order chi connectivity index (χ1) is 6.25. The third-order valence-electron chi connectivity index (χ3n) is 1.78. The van der Waals surface area contributed by atoms with Gasteiger partial charge >= 0.3 is 0 Å². The number of hydrogen-bond acceptors (Lipinski definition) is 2. The molecule has 0 bridgehead atoms. The minimum atomic E-state index is 0.581. The van der Waals surface area contributed by atoms with E-state index >= 15 is 0 Å². The van der Waals surface area contributed by atoms with E-state index in [4.69, 9.17) is 23.8 Å². The summed E-state index contributed by atoms with van der Waals surface area (Å²) in [5.41, 5.74) is 0.893. The number of rotatable bonds is 2. The van der Waals surface area contributed by atoms with Gasteiger partial charge in [-0.25, -0.2) is 0 Å². The molecule has 0 amide bonds. The van der Waals surface area contributed by atoms with Crippen molar-refractivity contribution in [1.82, 2.24) is 5.32 Å². The molecule has 1 heterocycles. The first-order valence-corrected chi connectivity index (χ1v) is 5.73. The molecule has 1 aromatic rings. The predicted molar refractivity (Wildman–Crippen MR) is 61.7 cm³/mol. The van der Waals surface area contributed by atoms with Crippen LogP contribution in [0.2, 0.25) is 4.34 Å². The van der Waals surface area contributed by atoms with Crippen LogP contribution in [0.4, 0.5) is 5.69 Å². The smallest absolute Gasteiger partial charge is 0.171 e. The molecule has 1 aromatic heterocycles. The number of thiocarbonyl (C=S) groups is 1. The largest absolute Gasteiger partial charge is 0.360 e. The van der Waals surface area contributed by atoms with Crippen molar-refractivity contribution in [1.29, 1.82) is 0 Å². The number of anilines is 1. The lowest BCUT2D eigenvalue weighted by molar-refractivity contribution is 0.919. The quantitative estimate of drug-likeness (QED) is 0.767. The van der Waals surface area contributed by atoms with Crippen LogP contribution in [0.3, 0.4) is 0 Å². The van der Waals surface area contributed by atoms with Crippen molar-refractivity contribution in [2.75, 3.05) is 5.32 Å². The lowest BCUT2D eigenvalue weighted by Gasteiger charge is -2.07. The molecule has 13 heavy (non-hydrogen) atoms. The lowest BCUT2D eigenvalue weighted by atomic mass is 10.5. The second-order valence-corrected chi connectivity index (χ2v) is 4.91. The van der Waals surface area contributed by atoms with E-state index < -0.39 is 0 Å². The van der Waals surface area contributed by atoms with Crippen LogP contribution in [0.25, 0.3) is 0 Å². The maximum absolute atomic E-state index is 5.90. The van der Waals surface area contributed by atoms with Gasteiger partial charge in [0, 0.05) is 6.04 Å². The normalized spacial score (nSPS) is 15.5. The van der Waals surface area contributed by atoms with Crippen LogP contribution in [-0.4, -0.2) is 11.2 Å². The Balaban J connectivity index is 1.89. The second-order valence-electron chi connectivity index (χ2n) is 2.98. The molecule has 5 heteroatoms. The Morgan fingerprint density at radius 2 is 2.38 bits per heavy atom. The SMILES string of the molecule is S=C(Nc1ccsc1Cl)NC1CC1. The summed E-state index contributed by atoms with van der Waals surface area (Å²) in [5.74, 6) is 0. The van der Waals surface area contributed by atoms with Crippen LogP contribution in [0.1, 0.15) is 12.8 Å². The topological polar surface area (TPSA) is 24.1 Å². The van der Waals surface area contributed by atoms with Gasteiger partial charge in [0.15, 0.2) is 5.11 Å². The maximum atomic E-state index is 5.90. The Labute approximate surface area is 91.3 Å². The molecule has 1 aliphatic rings. The van der Waals surface area contributed by atoms with E-state index in [0.717, 1.165) is 10.0 Å². The molecule has 0 aliphatic heterocycles. The van der Waals surface area contributed by atoms with Crippen molar-refractivity contribution in [2.45, 2.75) is 18.9 Å². The molecule has 2 nitrogen and oxygen atoms in total. The molecule has 1 aliphatic carbocycles. The summed E-state index contributed by atoms with van der Waals surface area (Å²) < 4.78 is 0.750. The molecular weight excluding hydrogens is 224 g/mol. The highest BCUT2D eigenvalue weighted by Gasteiger charge is 2.21. The fourth-order valence-electron chi connectivity index (χ4n) is 0.953. The van der Waals surface area contributed by atoms with Gasteiger partial charge in [-0.3, -0.25) is 0 Å². The van der Waals surface area contributed by atoms with Crippen LogP contribution in [0, 0.1) is 0 Å². The zero-order valence-corrected chi connectivity index (χ0v) is 9.23. The summed E-state index contributed by atoms with van der Waals surface area (Å²) >= 11 is 12.5. The second kappa shape index (κ2) is 3.82. The van der Waals surface area contributed by atoms with Gasteiger partial charge in [-0.1, -0.05) is 11.6 Å². The molecule has 2 N–H and O–H groups in total. The Hall–Kier alpha value is -0.320. The molecular formula is C8H9ClN2S2. The highest BCUT2D eigenvalue weighted by atomic mass is 35.5. The van der Waals surface area contributed by atoms with E-state index in [1.54, 1.807) is 0 Å².